The van der Waals surface area contributed by atoms with Crippen LogP contribution in [0.25, 0.3) is 10.9 Å². The number of halogens is 1. The van der Waals surface area contributed by atoms with Gasteiger partial charge in [-0.2, -0.15) is 0 Å². The monoisotopic (exact) mass is 345 g/mol. The van der Waals surface area contributed by atoms with Crippen molar-refractivity contribution in [2.45, 2.75) is 12.8 Å². The van der Waals surface area contributed by atoms with Crippen LogP contribution >= 0.6 is 0 Å². The van der Waals surface area contributed by atoms with Gasteiger partial charge in [-0.15, -0.1) is 0 Å². The fourth-order valence-corrected chi connectivity index (χ4v) is 2.91. The van der Waals surface area contributed by atoms with Crippen LogP contribution in [0.15, 0.2) is 24.3 Å². The fraction of sp³-hybridized carbons (Fsp3) is 0.389. The van der Waals surface area contributed by atoms with Gasteiger partial charge in [-0.05, 0) is 18.6 Å². The number of carbonyl (C=O) groups is 2. The number of fused-ring (bicyclic) bond motifs is 1. The second-order valence-electron chi connectivity index (χ2n) is 6.09. The number of ether oxygens (including phenoxy) is 1. The number of nitrogens with zero attached hydrogens (tertiary/aromatic N) is 3. The van der Waals surface area contributed by atoms with Gasteiger partial charge >= 0.3 is 0 Å². The van der Waals surface area contributed by atoms with Crippen molar-refractivity contribution >= 4 is 22.7 Å². The highest BCUT2D eigenvalue weighted by molar-refractivity contribution is 5.95. The predicted molar refractivity (Wildman–Crippen MR) is 91.0 cm³/mol. The third-order valence-corrected chi connectivity index (χ3v) is 4.41. The lowest BCUT2D eigenvalue weighted by Crippen LogP contribution is -2.37. The molecule has 25 heavy (non-hydrogen) atoms. The standard InChI is InChI=1S/C18H20FN3O3/c1-21(8-9-22-7-3-4-17(22)23)18(24)14-6-5-12-10-16(25-2)13(19)11-15(12)20-14/h5-6,10-11H,3-4,7-9H2,1-2H3. The van der Waals surface area contributed by atoms with E-state index in [4.69, 9.17) is 4.74 Å². The van der Waals surface area contributed by atoms with Crippen molar-refractivity contribution < 1.29 is 18.7 Å². The Balaban J connectivity index is 1.73. The molecule has 1 aliphatic rings. The maximum Gasteiger partial charge on any atom is 0.272 e. The van der Waals surface area contributed by atoms with E-state index < -0.39 is 5.82 Å². The molecule has 132 valence electrons. The van der Waals surface area contributed by atoms with E-state index in [9.17, 15) is 14.0 Å². The fourth-order valence-electron chi connectivity index (χ4n) is 2.91. The molecule has 6 nitrogen and oxygen atoms in total. The summed E-state index contributed by atoms with van der Waals surface area (Å²) in [6, 6.07) is 6.14. The van der Waals surface area contributed by atoms with E-state index >= 15 is 0 Å². The highest BCUT2D eigenvalue weighted by Gasteiger charge is 2.21. The first-order valence-corrected chi connectivity index (χ1v) is 8.17. The van der Waals surface area contributed by atoms with Gasteiger partial charge in [0.15, 0.2) is 11.6 Å². The Bertz CT molecular complexity index is 825. The van der Waals surface area contributed by atoms with Crippen molar-refractivity contribution in [2.75, 3.05) is 33.8 Å². The van der Waals surface area contributed by atoms with Crippen LogP contribution in [0.3, 0.4) is 0 Å². The summed E-state index contributed by atoms with van der Waals surface area (Å²) in [6.45, 7) is 1.69. The Labute approximate surface area is 145 Å². The number of amides is 2. The SMILES string of the molecule is COc1cc2ccc(C(=O)N(C)CCN3CCCC3=O)nc2cc1F. The maximum atomic E-state index is 13.8. The van der Waals surface area contributed by atoms with Crippen LogP contribution in [0.2, 0.25) is 0 Å². The quantitative estimate of drug-likeness (QED) is 0.832. The normalized spacial score (nSPS) is 14.2. The molecular formula is C18H20FN3O3. The smallest absolute Gasteiger partial charge is 0.272 e. The molecule has 0 bridgehead atoms. The lowest BCUT2D eigenvalue weighted by atomic mass is 10.1. The first kappa shape index (κ1) is 17.1. The van der Waals surface area contributed by atoms with Gasteiger partial charge in [0, 0.05) is 44.6 Å². The molecule has 1 aromatic carbocycles. The Morgan fingerprint density at radius 3 is 2.88 bits per heavy atom. The molecule has 3 rings (SSSR count). The minimum Gasteiger partial charge on any atom is -0.494 e. The van der Waals surface area contributed by atoms with Gasteiger partial charge < -0.3 is 14.5 Å². The molecule has 0 unspecified atom stereocenters. The Hall–Kier alpha value is -2.70. The van der Waals surface area contributed by atoms with E-state index in [1.807, 2.05) is 0 Å². The molecule has 0 N–H and O–H groups in total. The molecule has 2 amide bonds. The topological polar surface area (TPSA) is 62.7 Å². The summed E-state index contributed by atoms with van der Waals surface area (Å²) in [5.41, 5.74) is 0.639. The zero-order valence-corrected chi connectivity index (χ0v) is 14.3. The Morgan fingerprint density at radius 2 is 2.20 bits per heavy atom. The number of likely N-dealkylation sites (tertiary alicyclic amines) is 1. The summed E-state index contributed by atoms with van der Waals surface area (Å²) in [6.07, 6.45) is 1.46. The Morgan fingerprint density at radius 1 is 1.40 bits per heavy atom. The summed E-state index contributed by atoms with van der Waals surface area (Å²) in [5.74, 6) is -0.507. The summed E-state index contributed by atoms with van der Waals surface area (Å²) in [5, 5.41) is 0.695. The average Bonchev–Trinajstić information content (AvgIpc) is 3.02. The number of methoxy groups -OCH3 is 1. The number of likely N-dealkylation sites (N-methyl/N-ethyl adjacent to an activating group) is 1. The van der Waals surface area contributed by atoms with Gasteiger partial charge in [0.05, 0.1) is 12.6 Å². The number of aromatic nitrogens is 1. The van der Waals surface area contributed by atoms with E-state index in [1.54, 1.807) is 30.1 Å². The molecule has 0 atom stereocenters. The van der Waals surface area contributed by atoms with E-state index in [1.165, 1.54) is 18.1 Å². The molecule has 1 aromatic heterocycles. The maximum absolute atomic E-state index is 13.8. The first-order valence-electron chi connectivity index (χ1n) is 8.17. The first-order chi connectivity index (χ1) is 12.0. The summed E-state index contributed by atoms with van der Waals surface area (Å²) in [7, 11) is 3.07. The van der Waals surface area contributed by atoms with Crippen molar-refractivity contribution in [1.82, 2.24) is 14.8 Å². The molecule has 2 heterocycles. The van der Waals surface area contributed by atoms with Crippen molar-refractivity contribution in [2.24, 2.45) is 0 Å². The number of benzene rings is 1. The molecule has 0 aliphatic carbocycles. The number of pyridine rings is 1. The number of carbonyl (C=O) groups excluding carboxylic acids is 2. The van der Waals surface area contributed by atoms with Crippen LogP contribution < -0.4 is 4.74 Å². The lowest BCUT2D eigenvalue weighted by Gasteiger charge is -2.21. The van der Waals surface area contributed by atoms with Gasteiger partial charge in [0.2, 0.25) is 5.91 Å². The molecule has 1 saturated heterocycles. The molecule has 0 spiro atoms. The summed E-state index contributed by atoms with van der Waals surface area (Å²) >= 11 is 0. The van der Waals surface area contributed by atoms with Gasteiger partial charge in [0.25, 0.3) is 5.91 Å². The highest BCUT2D eigenvalue weighted by Crippen LogP contribution is 2.24. The molecule has 1 aliphatic heterocycles. The van der Waals surface area contributed by atoms with E-state index in [0.717, 1.165) is 13.0 Å². The molecule has 0 radical (unpaired) electrons. The number of hydrogen-bond donors (Lipinski definition) is 0. The van der Waals surface area contributed by atoms with Gasteiger partial charge in [-0.1, -0.05) is 6.07 Å². The van der Waals surface area contributed by atoms with Crippen molar-refractivity contribution in [3.8, 4) is 5.75 Å². The van der Waals surface area contributed by atoms with Crippen LogP contribution in [0, 0.1) is 5.82 Å². The molecular weight excluding hydrogens is 325 g/mol. The third-order valence-electron chi connectivity index (χ3n) is 4.41. The minimum absolute atomic E-state index is 0.133. The highest BCUT2D eigenvalue weighted by atomic mass is 19.1. The van der Waals surface area contributed by atoms with Crippen LogP contribution in [0.5, 0.6) is 5.75 Å². The molecule has 7 heteroatoms. The molecule has 0 saturated carbocycles. The van der Waals surface area contributed by atoms with E-state index in [2.05, 4.69) is 4.98 Å². The van der Waals surface area contributed by atoms with Crippen molar-refractivity contribution in [1.29, 1.82) is 0 Å². The second-order valence-corrected chi connectivity index (χ2v) is 6.09. The van der Waals surface area contributed by atoms with Gasteiger partial charge in [0.1, 0.15) is 5.69 Å². The molecule has 1 fully saturated rings. The van der Waals surface area contributed by atoms with Crippen LogP contribution in [0.4, 0.5) is 4.39 Å². The second kappa shape index (κ2) is 7.04. The summed E-state index contributed by atoms with van der Waals surface area (Å²) in [4.78, 5) is 31.7. The summed E-state index contributed by atoms with van der Waals surface area (Å²) < 4.78 is 18.8. The van der Waals surface area contributed by atoms with Crippen LogP contribution in [-0.4, -0.2) is 60.4 Å². The molecule has 2 aromatic rings. The van der Waals surface area contributed by atoms with Crippen LogP contribution in [0.1, 0.15) is 23.3 Å². The zero-order chi connectivity index (χ0) is 18.0. The third kappa shape index (κ3) is 3.55. The van der Waals surface area contributed by atoms with Crippen molar-refractivity contribution in [3.63, 3.8) is 0 Å². The van der Waals surface area contributed by atoms with E-state index in [-0.39, 0.29) is 23.3 Å². The Kier molecular flexibility index (Phi) is 4.83. The minimum atomic E-state index is -0.520. The predicted octanol–water partition coefficient (Wildman–Crippen LogP) is 2.08. The van der Waals surface area contributed by atoms with Gasteiger partial charge in [-0.3, -0.25) is 9.59 Å². The van der Waals surface area contributed by atoms with Gasteiger partial charge in [-0.25, -0.2) is 9.37 Å². The van der Waals surface area contributed by atoms with Crippen LogP contribution in [-0.2, 0) is 4.79 Å². The average molecular weight is 345 g/mol. The number of hydrogen-bond acceptors (Lipinski definition) is 4. The zero-order valence-electron chi connectivity index (χ0n) is 14.3. The lowest BCUT2D eigenvalue weighted by molar-refractivity contribution is -0.127. The number of rotatable bonds is 5. The van der Waals surface area contributed by atoms with E-state index in [0.29, 0.717) is 30.4 Å². The largest absolute Gasteiger partial charge is 0.494 e. The van der Waals surface area contributed by atoms with Crippen molar-refractivity contribution in [3.05, 3.63) is 35.8 Å².